The summed E-state index contributed by atoms with van der Waals surface area (Å²) in [4.78, 5) is 10.8. The Hall–Kier alpha value is -2.66. The minimum absolute atomic E-state index is 0.766. The van der Waals surface area contributed by atoms with E-state index in [1.165, 1.54) is 5.69 Å². The molecule has 0 unspecified atom stereocenters. The normalized spacial score (nSPS) is 14.9. The van der Waals surface area contributed by atoms with Crippen LogP contribution in [0.25, 0.3) is 10.9 Å². The summed E-state index contributed by atoms with van der Waals surface area (Å²) in [5.41, 5.74) is 2.07. The fraction of sp³-hybridized carbons (Fsp3) is 0.222. The fourth-order valence-electron chi connectivity index (χ4n) is 2.73. The number of ether oxygens (including phenoxy) is 2. The first-order chi connectivity index (χ1) is 11.4. The Morgan fingerprint density at radius 3 is 2.61 bits per heavy atom. The lowest BCUT2D eigenvalue weighted by atomic mass is 10.2. The van der Waals surface area contributed by atoms with Gasteiger partial charge in [0.25, 0.3) is 0 Å². The highest BCUT2D eigenvalue weighted by molar-refractivity contribution is 5.83. The first-order valence-corrected chi connectivity index (χ1v) is 7.69. The SMILES string of the molecule is c1cc2nccc(Oc3ccc(N4CCOCC4)cc3)c2cn1. The van der Waals surface area contributed by atoms with Crippen LogP contribution in [0.1, 0.15) is 0 Å². The third-order valence-corrected chi connectivity index (χ3v) is 3.94. The molecule has 0 bridgehead atoms. The van der Waals surface area contributed by atoms with Crippen molar-refractivity contribution in [2.24, 2.45) is 0 Å². The van der Waals surface area contributed by atoms with Crippen molar-refractivity contribution in [3.8, 4) is 11.5 Å². The van der Waals surface area contributed by atoms with Gasteiger partial charge in [-0.3, -0.25) is 9.97 Å². The van der Waals surface area contributed by atoms with Gasteiger partial charge in [0.15, 0.2) is 0 Å². The van der Waals surface area contributed by atoms with Crippen molar-refractivity contribution in [1.82, 2.24) is 9.97 Å². The van der Waals surface area contributed by atoms with Gasteiger partial charge >= 0.3 is 0 Å². The van der Waals surface area contributed by atoms with Gasteiger partial charge in [-0.05, 0) is 36.4 Å². The van der Waals surface area contributed by atoms with Crippen LogP contribution in [0.4, 0.5) is 5.69 Å². The van der Waals surface area contributed by atoms with Gasteiger partial charge in [0, 0.05) is 37.4 Å². The molecule has 0 spiro atoms. The molecule has 0 N–H and O–H groups in total. The topological polar surface area (TPSA) is 47.5 Å². The second kappa shape index (κ2) is 6.22. The Labute approximate surface area is 134 Å². The predicted octanol–water partition coefficient (Wildman–Crippen LogP) is 3.26. The number of anilines is 1. The van der Waals surface area contributed by atoms with Crippen molar-refractivity contribution in [1.29, 1.82) is 0 Å². The maximum absolute atomic E-state index is 6.01. The lowest BCUT2D eigenvalue weighted by Gasteiger charge is -2.28. The molecule has 0 atom stereocenters. The maximum atomic E-state index is 6.01. The van der Waals surface area contributed by atoms with Crippen LogP contribution in [-0.2, 0) is 4.74 Å². The average molecular weight is 307 g/mol. The number of rotatable bonds is 3. The molecule has 0 amide bonds. The molecule has 1 aliphatic rings. The standard InChI is InChI=1S/C18H17N3O2/c1-3-15(4-2-14(1)21-9-11-22-12-10-21)23-18-6-8-20-17-5-7-19-13-16(17)18/h1-8,13H,9-12H2. The Balaban J connectivity index is 1.56. The molecule has 116 valence electrons. The van der Waals surface area contributed by atoms with Gasteiger partial charge in [0.1, 0.15) is 11.5 Å². The zero-order chi connectivity index (χ0) is 15.5. The molecule has 5 nitrogen and oxygen atoms in total. The molecular formula is C18H17N3O2. The molecule has 3 heterocycles. The number of benzene rings is 1. The summed E-state index contributed by atoms with van der Waals surface area (Å²) in [5.74, 6) is 1.57. The molecule has 23 heavy (non-hydrogen) atoms. The Bertz CT molecular complexity index is 793. The molecule has 1 aliphatic heterocycles. The molecule has 0 radical (unpaired) electrons. The monoisotopic (exact) mass is 307 g/mol. The second-order valence-corrected chi connectivity index (χ2v) is 5.40. The van der Waals surface area contributed by atoms with Crippen molar-refractivity contribution in [2.45, 2.75) is 0 Å². The van der Waals surface area contributed by atoms with E-state index in [1.54, 1.807) is 18.6 Å². The van der Waals surface area contributed by atoms with E-state index in [1.807, 2.05) is 24.3 Å². The van der Waals surface area contributed by atoms with Crippen LogP contribution in [0.15, 0.2) is 55.0 Å². The summed E-state index contributed by atoms with van der Waals surface area (Å²) < 4.78 is 11.4. The summed E-state index contributed by atoms with van der Waals surface area (Å²) in [7, 11) is 0. The highest BCUT2D eigenvalue weighted by atomic mass is 16.5. The van der Waals surface area contributed by atoms with E-state index < -0.39 is 0 Å². The lowest BCUT2D eigenvalue weighted by Crippen LogP contribution is -2.36. The number of hydrogen-bond acceptors (Lipinski definition) is 5. The molecule has 2 aromatic heterocycles. The van der Waals surface area contributed by atoms with Gasteiger partial charge in [-0.25, -0.2) is 0 Å². The van der Waals surface area contributed by atoms with Gasteiger partial charge in [0.05, 0.1) is 24.1 Å². The minimum Gasteiger partial charge on any atom is -0.457 e. The molecule has 1 fully saturated rings. The molecule has 3 aromatic rings. The first-order valence-electron chi connectivity index (χ1n) is 7.69. The van der Waals surface area contributed by atoms with Crippen LogP contribution in [0, 0.1) is 0 Å². The zero-order valence-electron chi connectivity index (χ0n) is 12.7. The van der Waals surface area contributed by atoms with E-state index in [9.17, 15) is 0 Å². The lowest BCUT2D eigenvalue weighted by molar-refractivity contribution is 0.122. The maximum Gasteiger partial charge on any atom is 0.139 e. The molecule has 5 heteroatoms. The number of aromatic nitrogens is 2. The van der Waals surface area contributed by atoms with Crippen LogP contribution < -0.4 is 9.64 Å². The Morgan fingerprint density at radius 2 is 1.78 bits per heavy atom. The fourth-order valence-corrected chi connectivity index (χ4v) is 2.73. The molecule has 1 saturated heterocycles. The summed E-state index contributed by atoms with van der Waals surface area (Å²) in [6, 6.07) is 11.9. The van der Waals surface area contributed by atoms with Crippen molar-refractivity contribution < 1.29 is 9.47 Å². The van der Waals surface area contributed by atoms with Gasteiger partial charge < -0.3 is 14.4 Å². The van der Waals surface area contributed by atoms with Crippen LogP contribution in [0.5, 0.6) is 11.5 Å². The summed E-state index contributed by atoms with van der Waals surface area (Å²) in [6.45, 7) is 3.43. The number of hydrogen-bond donors (Lipinski definition) is 0. The minimum atomic E-state index is 0.766. The Kier molecular flexibility index (Phi) is 3.78. The Morgan fingerprint density at radius 1 is 0.957 bits per heavy atom. The van der Waals surface area contributed by atoms with E-state index >= 15 is 0 Å². The van der Waals surface area contributed by atoms with E-state index in [4.69, 9.17) is 9.47 Å². The van der Waals surface area contributed by atoms with Crippen molar-refractivity contribution in [3.05, 3.63) is 55.0 Å². The number of nitrogens with zero attached hydrogens (tertiary/aromatic N) is 3. The molecule has 0 saturated carbocycles. The third-order valence-electron chi connectivity index (χ3n) is 3.94. The van der Waals surface area contributed by atoms with E-state index in [0.717, 1.165) is 48.7 Å². The second-order valence-electron chi connectivity index (χ2n) is 5.40. The van der Waals surface area contributed by atoms with Gasteiger partial charge in [-0.15, -0.1) is 0 Å². The van der Waals surface area contributed by atoms with Crippen molar-refractivity contribution >= 4 is 16.6 Å². The predicted molar refractivity (Wildman–Crippen MR) is 89.1 cm³/mol. The summed E-state index contributed by atoms with van der Waals surface area (Å²) in [5, 5.41) is 0.909. The summed E-state index contributed by atoms with van der Waals surface area (Å²) >= 11 is 0. The third kappa shape index (κ3) is 2.96. The quantitative estimate of drug-likeness (QED) is 0.743. The van der Waals surface area contributed by atoms with E-state index in [0.29, 0.717) is 0 Å². The van der Waals surface area contributed by atoms with E-state index in [2.05, 4.69) is 27.0 Å². The van der Waals surface area contributed by atoms with Gasteiger partial charge in [0.2, 0.25) is 0 Å². The van der Waals surface area contributed by atoms with Crippen LogP contribution in [-0.4, -0.2) is 36.3 Å². The highest BCUT2D eigenvalue weighted by Gasteiger charge is 2.11. The molecular weight excluding hydrogens is 290 g/mol. The molecule has 0 aliphatic carbocycles. The van der Waals surface area contributed by atoms with Crippen LogP contribution in [0.3, 0.4) is 0 Å². The highest BCUT2D eigenvalue weighted by Crippen LogP contribution is 2.29. The molecule has 4 rings (SSSR count). The smallest absolute Gasteiger partial charge is 0.139 e. The first kappa shape index (κ1) is 14.0. The average Bonchev–Trinajstić information content (AvgIpc) is 2.63. The number of morpholine rings is 1. The van der Waals surface area contributed by atoms with Crippen LogP contribution in [0.2, 0.25) is 0 Å². The zero-order valence-corrected chi connectivity index (χ0v) is 12.7. The largest absolute Gasteiger partial charge is 0.457 e. The number of fused-ring (bicyclic) bond motifs is 1. The van der Waals surface area contributed by atoms with Gasteiger partial charge in [-0.1, -0.05) is 0 Å². The van der Waals surface area contributed by atoms with Crippen molar-refractivity contribution in [3.63, 3.8) is 0 Å². The number of pyridine rings is 2. The summed E-state index contributed by atoms with van der Waals surface area (Å²) in [6.07, 6.45) is 5.26. The van der Waals surface area contributed by atoms with Crippen LogP contribution >= 0.6 is 0 Å². The van der Waals surface area contributed by atoms with E-state index in [-0.39, 0.29) is 0 Å². The van der Waals surface area contributed by atoms with Gasteiger partial charge in [-0.2, -0.15) is 0 Å². The molecule has 1 aromatic carbocycles. The van der Waals surface area contributed by atoms with Crippen molar-refractivity contribution in [2.75, 3.05) is 31.2 Å².